The van der Waals surface area contributed by atoms with Gasteiger partial charge in [0.1, 0.15) is 12.4 Å². The fraction of sp³-hybridized carbons (Fsp3) is 0.455. The second-order valence-electron chi connectivity index (χ2n) is 4.37. The molecular formula is C11H12F3N3O2. The predicted octanol–water partition coefficient (Wildman–Crippen LogP) is 1.66. The molecule has 0 radical (unpaired) electrons. The van der Waals surface area contributed by atoms with Gasteiger partial charge in [-0.15, -0.1) is 0 Å². The van der Waals surface area contributed by atoms with E-state index in [9.17, 15) is 18.0 Å². The Bertz CT molecular complexity index is 461. The van der Waals surface area contributed by atoms with E-state index in [1.165, 1.54) is 12.3 Å². The molecule has 1 aromatic heterocycles. The van der Waals surface area contributed by atoms with Crippen molar-refractivity contribution in [3.05, 3.63) is 23.9 Å². The van der Waals surface area contributed by atoms with Crippen molar-refractivity contribution >= 4 is 11.7 Å². The molecule has 19 heavy (non-hydrogen) atoms. The average molecular weight is 275 g/mol. The van der Waals surface area contributed by atoms with Crippen molar-refractivity contribution in [2.45, 2.75) is 18.5 Å². The maximum absolute atomic E-state index is 12.0. The maximum atomic E-state index is 12.0. The summed E-state index contributed by atoms with van der Waals surface area (Å²) >= 11 is 0. The number of halogens is 3. The zero-order valence-electron chi connectivity index (χ0n) is 9.74. The number of nitrogens with one attached hydrogen (secondary N) is 2. The van der Waals surface area contributed by atoms with E-state index < -0.39 is 18.6 Å². The first-order valence-corrected chi connectivity index (χ1v) is 5.61. The molecule has 1 saturated carbocycles. The summed E-state index contributed by atoms with van der Waals surface area (Å²) in [5.74, 6) is -0.647. The van der Waals surface area contributed by atoms with E-state index in [2.05, 4.69) is 10.3 Å². The number of hydrogen-bond acceptors (Lipinski definition) is 4. The number of alkyl halides is 3. The molecule has 1 aliphatic carbocycles. The Morgan fingerprint density at radius 3 is 2.74 bits per heavy atom. The Hall–Kier alpha value is -1.83. The molecule has 1 heterocycles. The first kappa shape index (κ1) is 13.6. The van der Waals surface area contributed by atoms with Crippen LogP contribution in [-0.4, -0.2) is 28.8 Å². The van der Waals surface area contributed by atoms with Gasteiger partial charge in [-0.05, 0) is 24.0 Å². The van der Waals surface area contributed by atoms with Gasteiger partial charge in [0, 0.05) is 12.1 Å². The van der Waals surface area contributed by atoms with E-state index in [4.69, 9.17) is 5.21 Å². The number of pyridine rings is 1. The summed E-state index contributed by atoms with van der Waals surface area (Å²) in [7, 11) is 0. The molecule has 1 aromatic rings. The smallest absolute Gasteiger partial charge is 0.361 e. The Morgan fingerprint density at radius 2 is 2.21 bits per heavy atom. The van der Waals surface area contributed by atoms with Crippen LogP contribution in [-0.2, 0) is 4.79 Å². The number of hydroxylamine groups is 1. The molecule has 2 unspecified atom stereocenters. The Labute approximate surface area is 106 Å². The lowest BCUT2D eigenvalue weighted by Crippen LogP contribution is -2.21. The average Bonchev–Trinajstić information content (AvgIpc) is 3.15. The van der Waals surface area contributed by atoms with Gasteiger partial charge in [0.05, 0.1) is 0 Å². The quantitative estimate of drug-likeness (QED) is 0.577. The van der Waals surface area contributed by atoms with Crippen LogP contribution < -0.4 is 10.8 Å². The largest absolute Gasteiger partial charge is 0.405 e. The van der Waals surface area contributed by atoms with Crippen molar-refractivity contribution in [1.82, 2.24) is 10.5 Å². The number of anilines is 1. The lowest BCUT2D eigenvalue weighted by Gasteiger charge is -2.09. The van der Waals surface area contributed by atoms with Gasteiger partial charge in [0.15, 0.2) is 0 Å². The number of amides is 1. The van der Waals surface area contributed by atoms with Crippen LogP contribution in [0, 0.1) is 5.92 Å². The summed E-state index contributed by atoms with van der Waals surface area (Å²) in [5.41, 5.74) is 2.35. The van der Waals surface area contributed by atoms with Gasteiger partial charge in [-0.2, -0.15) is 13.2 Å². The summed E-state index contributed by atoms with van der Waals surface area (Å²) in [5, 5.41) is 10.6. The highest BCUT2D eigenvalue weighted by atomic mass is 19.4. The van der Waals surface area contributed by atoms with Gasteiger partial charge in [-0.1, -0.05) is 6.07 Å². The van der Waals surface area contributed by atoms with Crippen LogP contribution in [0.25, 0.3) is 0 Å². The molecule has 3 N–H and O–H groups in total. The zero-order chi connectivity index (χ0) is 14.0. The summed E-state index contributed by atoms with van der Waals surface area (Å²) in [4.78, 5) is 15.0. The lowest BCUT2D eigenvalue weighted by atomic mass is 10.1. The van der Waals surface area contributed by atoms with Crippen molar-refractivity contribution < 1.29 is 23.2 Å². The van der Waals surface area contributed by atoms with Gasteiger partial charge in [-0.3, -0.25) is 10.0 Å². The molecule has 0 spiro atoms. The highest BCUT2D eigenvalue weighted by molar-refractivity contribution is 5.81. The van der Waals surface area contributed by atoms with Crippen LogP contribution in [0.1, 0.15) is 17.9 Å². The van der Waals surface area contributed by atoms with Gasteiger partial charge in [0.25, 0.3) is 0 Å². The number of carbonyl (C=O) groups is 1. The number of hydrogen-bond donors (Lipinski definition) is 3. The molecule has 5 nitrogen and oxygen atoms in total. The molecule has 0 bridgehead atoms. The van der Waals surface area contributed by atoms with Crippen LogP contribution in [0.3, 0.4) is 0 Å². The van der Waals surface area contributed by atoms with E-state index >= 15 is 0 Å². The molecule has 0 aromatic carbocycles. The van der Waals surface area contributed by atoms with E-state index in [0.29, 0.717) is 6.42 Å². The molecule has 1 aliphatic rings. The third-order valence-corrected chi connectivity index (χ3v) is 2.92. The minimum absolute atomic E-state index is 0.0312. The molecule has 2 rings (SSSR count). The van der Waals surface area contributed by atoms with Crippen LogP contribution in [0.4, 0.5) is 19.0 Å². The number of aromatic nitrogens is 1. The van der Waals surface area contributed by atoms with Crippen molar-refractivity contribution in [2.24, 2.45) is 5.92 Å². The molecule has 1 fully saturated rings. The number of nitrogens with zero attached hydrogens (tertiary/aromatic N) is 1. The predicted molar refractivity (Wildman–Crippen MR) is 59.6 cm³/mol. The van der Waals surface area contributed by atoms with Gasteiger partial charge in [-0.25, -0.2) is 10.5 Å². The summed E-state index contributed by atoms with van der Waals surface area (Å²) < 4.78 is 35.9. The standard InChI is InChI=1S/C11H12F3N3O2/c12-11(13,14)5-16-9-2-1-6(4-15-9)7-3-8(7)10(18)17-19/h1-2,4,7-8,19H,3,5H2,(H,15,16)(H,17,18). The maximum Gasteiger partial charge on any atom is 0.405 e. The summed E-state index contributed by atoms with van der Waals surface area (Å²) in [6.45, 7) is -1.14. The fourth-order valence-electron chi connectivity index (χ4n) is 1.86. The molecule has 2 atom stereocenters. The fourth-order valence-corrected chi connectivity index (χ4v) is 1.86. The van der Waals surface area contributed by atoms with Crippen molar-refractivity contribution in [3.63, 3.8) is 0 Å². The normalized spacial score (nSPS) is 21.9. The third kappa shape index (κ3) is 3.57. The Balaban J connectivity index is 1.91. The molecular weight excluding hydrogens is 263 g/mol. The second kappa shape index (κ2) is 5.04. The minimum atomic E-state index is -4.29. The molecule has 0 aliphatic heterocycles. The summed E-state index contributed by atoms with van der Waals surface area (Å²) in [6.07, 6.45) is -2.25. The van der Waals surface area contributed by atoms with Crippen LogP contribution >= 0.6 is 0 Å². The van der Waals surface area contributed by atoms with Crippen LogP contribution in [0.5, 0.6) is 0 Å². The second-order valence-corrected chi connectivity index (χ2v) is 4.37. The Morgan fingerprint density at radius 1 is 1.47 bits per heavy atom. The SMILES string of the molecule is O=C(NO)C1CC1c1ccc(NCC(F)(F)F)nc1. The monoisotopic (exact) mass is 275 g/mol. The topological polar surface area (TPSA) is 74.2 Å². The van der Waals surface area contributed by atoms with Crippen molar-refractivity contribution in [3.8, 4) is 0 Å². The molecule has 1 amide bonds. The Kier molecular flexibility index (Phi) is 3.61. The van der Waals surface area contributed by atoms with Crippen molar-refractivity contribution in [1.29, 1.82) is 0 Å². The number of carbonyl (C=O) groups excluding carboxylic acids is 1. The van der Waals surface area contributed by atoms with E-state index in [1.807, 2.05) is 0 Å². The highest BCUT2D eigenvalue weighted by Gasteiger charge is 2.44. The minimum Gasteiger partial charge on any atom is -0.361 e. The first-order chi connectivity index (χ1) is 8.90. The van der Waals surface area contributed by atoms with E-state index in [1.54, 1.807) is 11.5 Å². The lowest BCUT2D eigenvalue weighted by molar-refractivity contribution is -0.130. The zero-order valence-corrected chi connectivity index (χ0v) is 9.74. The van der Waals surface area contributed by atoms with Gasteiger partial charge < -0.3 is 5.32 Å². The molecule has 8 heteroatoms. The molecule has 0 saturated heterocycles. The van der Waals surface area contributed by atoms with Gasteiger partial charge in [0.2, 0.25) is 5.91 Å². The third-order valence-electron chi connectivity index (χ3n) is 2.92. The van der Waals surface area contributed by atoms with Crippen molar-refractivity contribution in [2.75, 3.05) is 11.9 Å². The number of rotatable bonds is 4. The van der Waals surface area contributed by atoms with E-state index in [-0.39, 0.29) is 17.7 Å². The molecule has 104 valence electrons. The van der Waals surface area contributed by atoms with Crippen LogP contribution in [0.2, 0.25) is 0 Å². The highest BCUT2D eigenvalue weighted by Crippen LogP contribution is 2.47. The van der Waals surface area contributed by atoms with Gasteiger partial charge >= 0.3 is 6.18 Å². The summed E-state index contributed by atoms with van der Waals surface area (Å²) in [6, 6.07) is 3.06. The van der Waals surface area contributed by atoms with Crippen LogP contribution in [0.15, 0.2) is 18.3 Å². The van der Waals surface area contributed by atoms with E-state index in [0.717, 1.165) is 5.56 Å². The first-order valence-electron chi connectivity index (χ1n) is 5.61.